The van der Waals surface area contributed by atoms with Crippen LogP contribution in [0.3, 0.4) is 0 Å². The molecule has 2 saturated heterocycles. The Hall–Kier alpha value is -2.65. The van der Waals surface area contributed by atoms with E-state index in [-0.39, 0.29) is 11.9 Å². The number of pyridine rings is 1. The van der Waals surface area contributed by atoms with E-state index in [1.807, 2.05) is 31.3 Å². The van der Waals surface area contributed by atoms with E-state index in [0.717, 1.165) is 68.5 Å². The van der Waals surface area contributed by atoms with Gasteiger partial charge in [-0.2, -0.15) is 5.26 Å². The van der Waals surface area contributed by atoms with Crippen LogP contribution >= 0.6 is 0 Å². The number of nitriles is 1. The van der Waals surface area contributed by atoms with Crippen molar-refractivity contribution in [1.29, 1.82) is 5.26 Å². The predicted octanol–water partition coefficient (Wildman–Crippen LogP) is 2.53. The molecule has 1 aromatic heterocycles. The number of hydrogen-bond acceptors (Lipinski definition) is 5. The van der Waals surface area contributed by atoms with Crippen molar-refractivity contribution in [1.82, 2.24) is 15.2 Å². The van der Waals surface area contributed by atoms with Crippen LogP contribution in [-0.4, -0.2) is 55.1 Å². The van der Waals surface area contributed by atoms with Crippen LogP contribution in [0.1, 0.15) is 31.2 Å². The number of likely N-dealkylation sites (tertiary alicyclic amines) is 1. The first-order valence-corrected chi connectivity index (χ1v) is 10.2. The fraction of sp³-hybridized carbons (Fsp3) is 0.500. The lowest BCUT2D eigenvalue weighted by Crippen LogP contribution is -2.44. The smallest absolute Gasteiger partial charge is 0.237 e. The fourth-order valence-corrected chi connectivity index (χ4v) is 4.51. The largest absolute Gasteiger partial charge is 0.371 e. The van der Waals surface area contributed by atoms with Gasteiger partial charge in [-0.3, -0.25) is 14.7 Å². The summed E-state index contributed by atoms with van der Waals surface area (Å²) in [6.07, 6.45) is 5.94. The molecule has 0 saturated carbocycles. The molecule has 1 amide bonds. The molecule has 1 atom stereocenters. The Labute approximate surface area is 166 Å². The minimum Gasteiger partial charge on any atom is -0.371 e. The van der Waals surface area contributed by atoms with Crippen molar-refractivity contribution < 1.29 is 4.79 Å². The number of nitrogens with zero attached hydrogens (tertiary/aromatic N) is 4. The lowest BCUT2D eigenvalue weighted by Gasteiger charge is -2.34. The van der Waals surface area contributed by atoms with Gasteiger partial charge in [0.2, 0.25) is 5.91 Å². The zero-order chi connectivity index (χ0) is 19.5. The minimum atomic E-state index is 0.0533. The van der Waals surface area contributed by atoms with Crippen molar-refractivity contribution >= 4 is 22.5 Å². The van der Waals surface area contributed by atoms with Gasteiger partial charge < -0.3 is 10.2 Å². The zero-order valence-electron chi connectivity index (χ0n) is 16.4. The molecular weight excluding hydrogens is 350 g/mol. The second kappa shape index (κ2) is 8.15. The molecule has 0 bridgehead atoms. The summed E-state index contributed by atoms with van der Waals surface area (Å²) in [4.78, 5) is 21.3. The molecule has 146 valence electrons. The number of fused-ring (bicyclic) bond motifs is 1. The predicted molar refractivity (Wildman–Crippen MR) is 110 cm³/mol. The van der Waals surface area contributed by atoms with Crippen LogP contribution in [0.15, 0.2) is 30.5 Å². The third-order valence-corrected chi connectivity index (χ3v) is 6.21. The van der Waals surface area contributed by atoms with Crippen LogP contribution in [0, 0.1) is 17.2 Å². The van der Waals surface area contributed by atoms with Crippen molar-refractivity contribution in [2.75, 3.05) is 38.1 Å². The second-order valence-electron chi connectivity index (χ2n) is 7.96. The normalized spacial score (nSPS) is 21.0. The molecule has 2 aliphatic heterocycles. The van der Waals surface area contributed by atoms with Crippen LogP contribution in [0.5, 0.6) is 0 Å². The van der Waals surface area contributed by atoms with E-state index in [1.165, 1.54) is 0 Å². The maximum atomic E-state index is 12.4. The van der Waals surface area contributed by atoms with Gasteiger partial charge in [0, 0.05) is 36.9 Å². The molecule has 1 N–H and O–H groups in total. The van der Waals surface area contributed by atoms with Crippen molar-refractivity contribution in [3.05, 3.63) is 36.0 Å². The molecule has 4 rings (SSSR count). The maximum Gasteiger partial charge on any atom is 0.237 e. The highest BCUT2D eigenvalue weighted by Gasteiger charge is 2.28. The molecule has 1 unspecified atom stereocenters. The number of hydrogen-bond donors (Lipinski definition) is 1. The number of rotatable bonds is 4. The lowest BCUT2D eigenvalue weighted by atomic mass is 9.95. The van der Waals surface area contributed by atoms with Crippen molar-refractivity contribution in [3.63, 3.8) is 0 Å². The van der Waals surface area contributed by atoms with Gasteiger partial charge in [0.25, 0.3) is 0 Å². The van der Waals surface area contributed by atoms with Gasteiger partial charge >= 0.3 is 0 Å². The van der Waals surface area contributed by atoms with Gasteiger partial charge in [-0.1, -0.05) is 0 Å². The Bertz CT molecular complexity index is 897. The minimum absolute atomic E-state index is 0.0533. The van der Waals surface area contributed by atoms with Gasteiger partial charge in [0.15, 0.2) is 0 Å². The summed E-state index contributed by atoms with van der Waals surface area (Å²) in [5.41, 5.74) is 2.54. The molecule has 0 aliphatic carbocycles. The number of carbonyl (C=O) groups is 1. The summed E-state index contributed by atoms with van der Waals surface area (Å²) in [6.45, 7) is 3.70. The second-order valence-corrected chi connectivity index (χ2v) is 7.96. The number of anilines is 1. The van der Waals surface area contributed by atoms with Gasteiger partial charge in [-0.05, 0) is 69.5 Å². The van der Waals surface area contributed by atoms with Crippen molar-refractivity contribution in [3.8, 4) is 6.07 Å². The molecule has 28 heavy (non-hydrogen) atoms. The van der Waals surface area contributed by atoms with Crippen LogP contribution in [-0.2, 0) is 4.79 Å². The highest BCUT2D eigenvalue weighted by atomic mass is 16.2. The third kappa shape index (κ3) is 3.67. The first-order chi connectivity index (χ1) is 13.7. The van der Waals surface area contributed by atoms with Crippen LogP contribution in [0.25, 0.3) is 10.9 Å². The van der Waals surface area contributed by atoms with E-state index >= 15 is 0 Å². The molecule has 2 aromatic rings. The molecule has 0 spiro atoms. The summed E-state index contributed by atoms with van der Waals surface area (Å²) in [5, 5.41) is 13.5. The Kier molecular flexibility index (Phi) is 5.45. The molecule has 2 aliphatic rings. The number of nitrogens with one attached hydrogen (secondary N) is 1. The van der Waals surface area contributed by atoms with Gasteiger partial charge in [0.05, 0.1) is 17.1 Å². The third-order valence-electron chi connectivity index (χ3n) is 6.21. The summed E-state index contributed by atoms with van der Waals surface area (Å²) < 4.78 is 0. The summed E-state index contributed by atoms with van der Waals surface area (Å²) in [6, 6.07) is 10.2. The number of aromatic nitrogens is 1. The molecule has 6 heteroatoms. The van der Waals surface area contributed by atoms with Gasteiger partial charge in [0.1, 0.15) is 6.07 Å². The van der Waals surface area contributed by atoms with Crippen molar-refractivity contribution in [2.45, 2.75) is 31.7 Å². The van der Waals surface area contributed by atoms with Crippen LogP contribution in [0.2, 0.25) is 0 Å². The van der Waals surface area contributed by atoms with E-state index in [9.17, 15) is 10.1 Å². The molecule has 6 nitrogen and oxygen atoms in total. The average Bonchev–Trinajstić information content (AvgIpc) is 3.17. The van der Waals surface area contributed by atoms with E-state index < -0.39 is 0 Å². The first-order valence-electron chi connectivity index (χ1n) is 10.2. The van der Waals surface area contributed by atoms with Crippen molar-refractivity contribution in [2.24, 2.45) is 5.92 Å². The zero-order valence-corrected chi connectivity index (χ0v) is 16.4. The summed E-state index contributed by atoms with van der Waals surface area (Å²) >= 11 is 0. The van der Waals surface area contributed by atoms with Crippen LogP contribution < -0.4 is 10.2 Å². The Morgan fingerprint density at radius 2 is 2.07 bits per heavy atom. The Morgan fingerprint density at radius 1 is 1.25 bits per heavy atom. The lowest BCUT2D eigenvalue weighted by molar-refractivity contribution is -0.125. The number of piperidine rings is 1. The van der Waals surface area contributed by atoms with E-state index in [0.29, 0.717) is 11.5 Å². The Morgan fingerprint density at radius 3 is 2.79 bits per heavy atom. The first kappa shape index (κ1) is 18.7. The number of likely N-dealkylation sites (N-methyl/N-ethyl adjacent to an activating group) is 1. The summed E-state index contributed by atoms with van der Waals surface area (Å²) in [7, 11) is 2.03. The number of benzene rings is 1. The van der Waals surface area contributed by atoms with E-state index in [4.69, 9.17) is 0 Å². The maximum absolute atomic E-state index is 12.4. The monoisotopic (exact) mass is 377 g/mol. The van der Waals surface area contributed by atoms with Gasteiger partial charge in [-0.15, -0.1) is 0 Å². The number of amides is 1. The quantitative estimate of drug-likeness (QED) is 0.886. The summed E-state index contributed by atoms with van der Waals surface area (Å²) in [5.74, 6) is 0.710. The van der Waals surface area contributed by atoms with E-state index in [2.05, 4.69) is 26.2 Å². The standard InChI is InChI=1S/C22H27N5O/c1-26-11-3-5-20(26)22(28)25-15-16-8-12-27(13-9-16)19-7-6-17(14-23)21-18(19)4-2-10-24-21/h2,4,6-7,10,16,20H,3,5,8-9,11-13,15H2,1H3,(H,25,28). The average molecular weight is 377 g/mol. The van der Waals surface area contributed by atoms with Crippen LogP contribution in [0.4, 0.5) is 5.69 Å². The topological polar surface area (TPSA) is 72.3 Å². The molecular formula is C22H27N5O. The highest BCUT2D eigenvalue weighted by molar-refractivity contribution is 5.95. The number of carbonyl (C=O) groups excluding carboxylic acids is 1. The van der Waals surface area contributed by atoms with Gasteiger partial charge in [-0.25, -0.2) is 0 Å². The molecule has 3 heterocycles. The Balaban J connectivity index is 1.36. The van der Waals surface area contributed by atoms with E-state index in [1.54, 1.807) is 6.20 Å². The SMILES string of the molecule is CN1CCCC1C(=O)NCC1CCN(c2ccc(C#N)c3ncccc23)CC1. The highest BCUT2D eigenvalue weighted by Crippen LogP contribution is 2.31. The fourth-order valence-electron chi connectivity index (χ4n) is 4.51. The molecule has 0 radical (unpaired) electrons. The molecule has 1 aromatic carbocycles. The molecule has 2 fully saturated rings.